The zero-order chi connectivity index (χ0) is 20.5. The Morgan fingerprint density at radius 2 is 1.87 bits per heavy atom. The number of anilines is 2. The van der Waals surface area contributed by atoms with Crippen LogP contribution in [-0.4, -0.2) is 59.4 Å². The zero-order valence-electron chi connectivity index (χ0n) is 16.7. The molecule has 1 saturated heterocycles. The van der Waals surface area contributed by atoms with Crippen molar-refractivity contribution < 1.29 is 4.74 Å². The van der Waals surface area contributed by atoms with Crippen LogP contribution in [-0.2, 0) is 11.3 Å². The minimum absolute atomic E-state index is 0.0304. The van der Waals surface area contributed by atoms with Crippen LogP contribution in [0.5, 0.6) is 0 Å². The molecule has 154 valence electrons. The lowest BCUT2D eigenvalue weighted by Gasteiger charge is -2.36. The number of rotatable bonds is 5. The molecule has 1 fully saturated rings. The van der Waals surface area contributed by atoms with Crippen LogP contribution in [0.25, 0.3) is 21.1 Å². The van der Waals surface area contributed by atoms with Crippen LogP contribution in [0.15, 0.2) is 47.1 Å². The summed E-state index contributed by atoms with van der Waals surface area (Å²) in [5, 5.41) is 2.70. The van der Waals surface area contributed by atoms with Crippen LogP contribution in [0, 0.1) is 0 Å². The van der Waals surface area contributed by atoms with Gasteiger partial charge in [0.05, 0.1) is 40.6 Å². The maximum Gasteiger partial charge on any atom is 0.261 e. The monoisotopic (exact) mass is 422 g/mol. The molecule has 1 aliphatic heterocycles. The number of nitrogens with zero attached hydrogens (tertiary/aromatic N) is 6. The summed E-state index contributed by atoms with van der Waals surface area (Å²) in [7, 11) is 1.62. The predicted molar refractivity (Wildman–Crippen MR) is 120 cm³/mol. The van der Waals surface area contributed by atoms with Gasteiger partial charge in [0.15, 0.2) is 0 Å². The molecule has 5 rings (SSSR count). The van der Waals surface area contributed by atoms with Gasteiger partial charge >= 0.3 is 0 Å². The fraction of sp³-hybridized carbons (Fsp3) is 0.333. The topological polar surface area (TPSA) is 76.4 Å². The Kier molecular flexibility index (Phi) is 5.06. The Hall–Kier alpha value is -3.04. The maximum atomic E-state index is 12.6. The Morgan fingerprint density at radius 1 is 1.03 bits per heavy atom. The van der Waals surface area contributed by atoms with Crippen LogP contribution in [0.1, 0.15) is 0 Å². The Morgan fingerprint density at radius 3 is 2.70 bits per heavy atom. The first-order chi connectivity index (χ1) is 14.7. The fourth-order valence-electron chi connectivity index (χ4n) is 3.87. The van der Waals surface area contributed by atoms with E-state index in [1.165, 1.54) is 0 Å². The van der Waals surface area contributed by atoms with E-state index in [0.717, 1.165) is 53.4 Å². The van der Waals surface area contributed by atoms with Gasteiger partial charge in [0.1, 0.15) is 12.1 Å². The minimum atomic E-state index is -0.0304. The van der Waals surface area contributed by atoms with Crippen molar-refractivity contribution in [2.75, 3.05) is 49.7 Å². The molecule has 0 N–H and O–H groups in total. The first-order valence-corrected chi connectivity index (χ1v) is 10.8. The number of ether oxygens (including phenoxy) is 1. The Balaban J connectivity index is 1.34. The van der Waals surface area contributed by atoms with Gasteiger partial charge in [-0.3, -0.25) is 9.36 Å². The van der Waals surface area contributed by atoms with E-state index < -0.39 is 0 Å². The van der Waals surface area contributed by atoms with Crippen molar-refractivity contribution in [3.05, 3.63) is 52.7 Å². The van der Waals surface area contributed by atoms with Gasteiger partial charge in [-0.05, 0) is 29.6 Å². The van der Waals surface area contributed by atoms with E-state index in [1.54, 1.807) is 35.7 Å². The molecular formula is C21H22N6O2S. The lowest BCUT2D eigenvalue weighted by Crippen LogP contribution is -2.46. The van der Waals surface area contributed by atoms with Crippen molar-refractivity contribution in [1.82, 2.24) is 19.5 Å². The van der Waals surface area contributed by atoms with Crippen molar-refractivity contribution in [2.24, 2.45) is 0 Å². The van der Waals surface area contributed by atoms with E-state index in [1.807, 2.05) is 24.3 Å². The largest absolute Gasteiger partial charge is 0.383 e. The quantitative estimate of drug-likeness (QED) is 0.489. The summed E-state index contributed by atoms with van der Waals surface area (Å²) < 4.78 is 7.80. The third-order valence-electron chi connectivity index (χ3n) is 5.51. The smallest absolute Gasteiger partial charge is 0.261 e. The summed E-state index contributed by atoms with van der Waals surface area (Å²) >= 11 is 1.69. The van der Waals surface area contributed by atoms with Gasteiger partial charge < -0.3 is 14.5 Å². The molecule has 0 saturated carbocycles. The second kappa shape index (κ2) is 8.00. The van der Waals surface area contributed by atoms with E-state index in [-0.39, 0.29) is 5.56 Å². The summed E-state index contributed by atoms with van der Waals surface area (Å²) in [4.78, 5) is 30.7. The van der Waals surface area contributed by atoms with Crippen molar-refractivity contribution in [1.29, 1.82) is 0 Å². The van der Waals surface area contributed by atoms with Crippen molar-refractivity contribution in [3.63, 3.8) is 0 Å². The molecule has 3 aromatic heterocycles. The number of hydrogen-bond acceptors (Lipinski definition) is 8. The van der Waals surface area contributed by atoms with Crippen molar-refractivity contribution >= 4 is 44.0 Å². The molecule has 9 heteroatoms. The summed E-state index contributed by atoms with van der Waals surface area (Å²) in [5.74, 6) is 1.02. The molecule has 0 bridgehead atoms. The SMILES string of the molecule is COCCn1cnc2cc(N3CCN(c4ncnc5ccsc45)CC3)ccc2c1=O. The average molecular weight is 423 g/mol. The second-order valence-corrected chi connectivity index (χ2v) is 8.16. The molecule has 0 unspecified atom stereocenters. The molecule has 0 atom stereocenters. The lowest BCUT2D eigenvalue weighted by molar-refractivity contribution is 0.186. The Labute approximate surface area is 177 Å². The van der Waals surface area contributed by atoms with Gasteiger partial charge in [0.25, 0.3) is 5.56 Å². The number of benzene rings is 1. The highest BCUT2D eigenvalue weighted by atomic mass is 32.1. The van der Waals surface area contributed by atoms with E-state index in [4.69, 9.17) is 4.74 Å². The summed E-state index contributed by atoms with van der Waals surface area (Å²) in [5.41, 5.74) is 2.79. The summed E-state index contributed by atoms with van der Waals surface area (Å²) in [6.45, 7) is 4.52. The second-order valence-electron chi connectivity index (χ2n) is 7.24. The normalized spacial score (nSPS) is 14.7. The number of thiophene rings is 1. The molecule has 0 spiro atoms. The first kappa shape index (κ1) is 19.0. The number of methoxy groups -OCH3 is 1. The van der Waals surface area contributed by atoms with E-state index in [9.17, 15) is 4.79 Å². The highest BCUT2D eigenvalue weighted by Gasteiger charge is 2.21. The number of fused-ring (bicyclic) bond motifs is 2. The van der Waals surface area contributed by atoms with E-state index in [0.29, 0.717) is 18.5 Å². The first-order valence-electron chi connectivity index (χ1n) is 9.91. The lowest BCUT2D eigenvalue weighted by atomic mass is 10.2. The maximum absolute atomic E-state index is 12.6. The van der Waals surface area contributed by atoms with Crippen molar-refractivity contribution in [3.8, 4) is 0 Å². The number of hydrogen-bond donors (Lipinski definition) is 0. The van der Waals surface area contributed by atoms with Gasteiger partial charge in [-0.1, -0.05) is 0 Å². The summed E-state index contributed by atoms with van der Waals surface area (Å²) in [6.07, 6.45) is 3.25. The molecule has 8 nitrogen and oxygen atoms in total. The van der Waals surface area contributed by atoms with Crippen LogP contribution in [0.3, 0.4) is 0 Å². The van der Waals surface area contributed by atoms with E-state index >= 15 is 0 Å². The molecule has 4 heterocycles. The van der Waals surface area contributed by atoms with Crippen LogP contribution < -0.4 is 15.4 Å². The molecule has 1 aliphatic rings. The molecule has 4 aromatic rings. The van der Waals surface area contributed by atoms with Gasteiger partial charge in [-0.2, -0.15) is 0 Å². The van der Waals surface area contributed by atoms with Crippen LogP contribution in [0.2, 0.25) is 0 Å². The highest BCUT2D eigenvalue weighted by Crippen LogP contribution is 2.29. The molecule has 0 aliphatic carbocycles. The number of aromatic nitrogens is 4. The molecule has 0 amide bonds. The van der Waals surface area contributed by atoms with Gasteiger partial charge in [0.2, 0.25) is 0 Å². The summed E-state index contributed by atoms with van der Waals surface area (Å²) in [6, 6.07) is 7.95. The fourth-order valence-corrected chi connectivity index (χ4v) is 4.73. The zero-order valence-corrected chi connectivity index (χ0v) is 17.5. The van der Waals surface area contributed by atoms with Crippen LogP contribution >= 0.6 is 11.3 Å². The van der Waals surface area contributed by atoms with Crippen molar-refractivity contribution in [2.45, 2.75) is 6.54 Å². The van der Waals surface area contributed by atoms with Gasteiger partial charge in [0, 0.05) is 39.0 Å². The van der Waals surface area contributed by atoms with Gasteiger partial charge in [-0.25, -0.2) is 15.0 Å². The third kappa shape index (κ3) is 3.40. The molecule has 0 radical (unpaired) electrons. The Bertz CT molecular complexity index is 1250. The molecular weight excluding hydrogens is 400 g/mol. The molecule has 30 heavy (non-hydrogen) atoms. The standard InChI is InChI=1S/C21H22N6O2S/c1-29-10-9-27-14-24-18-12-15(2-3-16(18)21(27)28)25-5-7-26(8-6-25)20-19-17(4-11-30-19)22-13-23-20/h2-4,11-14H,5-10H2,1H3. The minimum Gasteiger partial charge on any atom is -0.383 e. The van der Waals surface area contributed by atoms with E-state index in [2.05, 4.69) is 30.1 Å². The number of piperazine rings is 1. The molecule has 1 aromatic carbocycles. The van der Waals surface area contributed by atoms with Crippen LogP contribution in [0.4, 0.5) is 11.5 Å². The predicted octanol–water partition coefficient (Wildman–Crippen LogP) is 2.37. The highest BCUT2D eigenvalue weighted by molar-refractivity contribution is 7.17. The van der Waals surface area contributed by atoms with Gasteiger partial charge in [-0.15, -0.1) is 11.3 Å². The average Bonchev–Trinajstić information content (AvgIpc) is 3.28. The third-order valence-corrected chi connectivity index (χ3v) is 6.41.